The molecule has 0 bridgehead atoms. The SMILES string of the molecule is O=C(Cc1ccccc1F)NCC1(c2ccc(Cl)cc2)CC1. The monoisotopic (exact) mass is 317 g/mol. The molecule has 22 heavy (non-hydrogen) atoms. The fraction of sp³-hybridized carbons (Fsp3) is 0.278. The van der Waals surface area contributed by atoms with Gasteiger partial charge in [-0.2, -0.15) is 0 Å². The van der Waals surface area contributed by atoms with Crippen molar-refractivity contribution in [3.63, 3.8) is 0 Å². The molecule has 0 heterocycles. The molecule has 1 amide bonds. The van der Waals surface area contributed by atoms with Crippen LogP contribution in [0.3, 0.4) is 0 Å². The Morgan fingerprint density at radius 2 is 1.82 bits per heavy atom. The zero-order chi connectivity index (χ0) is 15.6. The number of halogens is 2. The molecule has 0 saturated heterocycles. The van der Waals surface area contributed by atoms with Crippen LogP contribution in [0.5, 0.6) is 0 Å². The van der Waals surface area contributed by atoms with Crippen LogP contribution < -0.4 is 5.32 Å². The van der Waals surface area contributed by atoms with Gasteiger partial charge in [-0.1, -0.05) is 41.9 Å². The van der Waals surface area contributed by atoms with E-state index in [1.807, 2.05) is 24.3 Å². The Morgan fingerprint density at radius 3 is 2.45 bits per heavy atom. The van der Waals surface area contributed by atoms with Crippen LogP contribution in [0.25, 0.3) is 0 Å². The molecule has 2 aromatic rings. The molecule has 0 radical (unpaired) electrons. The van der Waals surface area contributed by atoms with Crippen molar-refractivity contribution < 1.29 is 9.18 Å². The third-order valence-corrected chi connectivity index (χ3v) is 4.49. The molecule has 1 fully saturated rings. The summed E-state index contributed by atoms with van der Waals surface area (Å²) in [6.45, 7) is 0.585. The first kappa shape index (κ1) is 15.0. The number of rotatable bonds is 5. The molecule has 4 heteroatoms. The van der Waals surface area contributed by atoms with Gasteiger partial charge in [0.05, 0.1) is 6.42 Å². The van der Waals surface area contributed by atoms with Crippen molar-refractivity contribution in [1.29, 1.82) is 0 Å². The van der Waals surface area contributed by atoms with Crippen molar-refractivity contribution >= 4 is 17.5 Å². The number of carbonyl (C=O) groups is 1. The lowest BCUT2D eigenvalue weighted by Gasteiger charge is -2.17. The first-order valence-electron chi connectivity index (χ1n) is 7.35. The van der Waals surface area contributed by atoms with Gasteiger partial charge in [-0.15, -0.1) is 0 Å². The molecular formula is C18H17ClFNO. The predicted molar refractivity (Wildman–Crippen MR) is 85.5 cm³/mol. The molecule has 0 spiro atoms. The van der Waals surface area contributed by atoms with Gasteiger partial charge in [0, 0.05) is 17.0 Å². The van der Waals surface area contributed by atoms with Crippen molar-refractivity contribution in [2.24, 2.45) is 0 Å². The lowest BCUT2D eigenvalue weighted by atomic mass is 9.96. The maximum atomic E-state index is 13.5. The van der Waals surface area contributed by atoms with Crippen LogP contribution in [0.2, 0.25) is 5.02 Å². The van der Waals surface area contributed by atoms with Crippen molar-refractivity contribution in [2.45, 2.75) is 24.7 Å². The number of hydrogen-bond acceptors (Lipinski definition) is 1. The summed E-state index contributed by atoms with van der Waals surface area (Å²) in [4.78, 5) is 12.0. The molecule has 0 aromatic heterocycles. The quantitative estimate of drug-likeness (QED) is 0.891. The number of amides is 1. The van der Waals surface area contributed by atoms with Crippen molar-refractivity contribution in [3.05, 3.63) is 70.5 Å². The van der Waals surface area contributed by atoms with Gasteiger partial charge in [0.1, 0.15) is 5.82 Å². The lowest BCUT2D eigenvalue weighted by Crippen LogP contribution is -2.33. The second-order valence-electron chi connectivity index (χ2n) is 5.83. The first-order valence-corrected chi connectivity index (χ1v) is 7.73. The van der Waals surface area contributed by atoms with E-state index in [0.717, 1.165) is 12.8 Å². The smallest absolute Gasteiger partial charge is 0.224 e. The van der Waals surface area contributed by atoms with E-state index >= 15 is 0 Å². The normalized spacial score (nSPS) is 15.4. The summed E-state index contributed by atoms with van der Waals surface area (Å²) in [5.41, 5.74) is 1.65. The molecule has 2 aromatic carbocycles. The summed E-state index contributed by atoms with van der Waals surface area (Å²) in [5, 5.41) is 3.65. The Kier molecular flexibility index (Phi) is 4.16. The predicted octanol–water partition coefficient (Wildman–Crippen LogP) is 3.87. The van der Waals surface area contributed by atoms with E-state index in [2.05, 4.69) is 5.32 Å². The molecule has 0 aliphatic heterocycles. The lowest BCUT2D eigenvalue weighted by molar-refractivity contribution is -0.120. The van der Waals surface area contributed by atoms with Crippen LogP contribution in [0, 0.1) is 5.82 Å². The number of benzene rings is 2. The van der Waals surface area contributed by atoms with Crippen LogP contribution in [-0.4, -0.2) is 12.5 Å². The molecule has 1 saturated carbocycles. The van der Waals surface area contributed by atoms with E-state index in [4.69, 9.17) is 11.6 Å². The zero-order valence-electron chi connectivity index (χ0n) is 12.1. The molecule has 1 aliphatic rings. The Labute approximate surface area is 134 Å². The maximum absolute atomic E-state index is 13.5. The highest BCUT2D eigenvalue weighted by Gasteiger charge is 2.44. The topological polar surface area (TPSA) is 29.1 Å². The van der Waals surface area contributed by atoms with E-state index in [1.165, 1.54) is 11.6 Å². The van der Waals surface area contributed by atoms with E-state index in [9.17, 15) is 9.18 Å². The summed E-state index contributed by atoms with van der Waals surface area (Å²) < 4.78 is 13.5. The van der Waals surface area contributed by atoms with Gasteiger partial charge in [0.2, 0.25) is 5.91 Å². The van der Waals surface area contributed by atoms with Crippen LogP contribution in [-0.2, 0) is 16.6 Å². The van der Waals surface area contributed by atoms with Crippen LogP contribution in [0.15, 0.2) is 48.5 Å². The summed E-state index contributed by atoms with van der Waals surface area (Å²) in [6.07, 6.45) is 2.17. The van der Waals surface area contributed by atoms with Gasteiger partial charge in [-0.3, -0.25) is 4.79 Å². The second-order valence-corrected chi connectivity index (χ2v) is 6.27. The van der Waals surface area contributed by atoms with Crippen LogP contribution in [0.1, 0.15) is 24.0 Å². The molecular weight excluding hydrogens is 301 g/mol. The van der Waals surface area contributed by atoms with E-state index in [0.29, 0.717) is 17.1 Å². The standard InChI is InChI=1S/C18H17ClFNO/c19-15-7-5-14(6-8-15)18(9-10-18)12-21-17(22)11-13-3-1-2-4-16(13)20/h1-8H,9-12H2,(H,21,22). The third-order valence-electron chi connectivity index (χ3n) is 4.24. The Hall–Kier alpha value is -1.87. The largest absolute Gasteiger partial charge is 0.355 e. The second kappa shape index (κ2) is 6.09. The third kappa shape index (κ3) is 3.30. The van der Waals surface area contributed by atoms with Gasteiger partial charge < -0.3 is 5.32 Å². The van der Waals surface area contributed by atoms with Gasteiger partial charge in [0.25, 0.3) is 0 Å². The van der Waals surface area contributed by atoms with E-state index in [-0.39, 0.29) is 23.6 Å². The first-order chi connectivity index (χ1) is 10.6. The summed E-state index contributed by atoms with van der Waals surface area (Å²) in [5.74, 6) is -0.484. The fourth-order valence-corrected chi connectivity index (χ4v) is 2.79. The minimum atomic E-state index is -0.337. The van der Waals surface area contributed by atoms with Crippen molar-refractivity contribution in [1.82, 2.24) is 5.32 Å². The number of hydrogen-bond donors (Lipinski definition) is 1. The summed E-state index contributed by atoms with van der Waals surface area (Å²) >= 11 is 5.91. The summed E-state index contributed by atoms with van der Waals surface area (Å²) in [6, 6.07) is 14.1. The Morgan fingerprint density at radius 1 is 1.14 bits per heavy atom. The molecule has 114 valence electrons. The van der Waals surface area contributed by atoms with E-state index < -0.39 is 0 Å². The average Bonchev–Trinajstić information content (AvgIpc) is 3.29. The van der Waals surface area contributed by atoms with Gasteiger partial charge in [-0.05, 0) is 42.2 Å². The highest BCUT2D eigenvalue weighted by Crippen LogP contribution is 2.47. The molecule has 3 rings (SSSR count). The van der Waals surface area contributed by atoms with Gasteiger partial charge >= 0.3 is 0 Å². The Bertz CT molecular complexity index is 680. The zero-order valence-corrected chi connectivity index (χ0v) is 12.9. The van der Waals surface area contributed by atoms with Crippen molar-refractivity contribution in [2.75, 3.05) is 6.54 Å². The maximum Gasteiger partial charge on any atom is 0.224 e. The minimum absolute atomic E-state index is 0.0233. The Balaban J connectivity index is 1.59. The fourth-order valence-electron chi connectivity index (χ4n) is 2.67. The van der Waals surface area contributed by atoms with Crippen LogP contribution >= 0.6 is 11.6 Å². The van der Waals surface area contributed by atoms with E-state index in [1.54, 1.807) is 18.2 Å². The molecule has 2 nitrogen and oxygen atoms in total. The van der Waals surface area contributed by atoms with Crippen LogP contribution in [0.4, 0.5) is 4.39 Å². The molecule has 1 aliphatic carbocycles. The van der Waals surface area contributed by atoms with Gasteiger partial charge in [0.15, 0.2) is 0 Å². The highest BCUT2D eigenvalue weighted by molar-refractivity contribution is 6.30. The van der Waals surface area contributed by atoms with Crippen molar-refractivity contribution in [3.8, 4) is 0 Å². The minimum Gasteiger partial charge on any atom is -0.355 e. The molecule has 1 N–H and O–H groups in total. The summed E-state index contributed by atoms with van der Waals surface area (Å²) in [7, 11) is 0. The molecule has 0 unspecified atom stereocenters. The number of carbonyl (C=O) groups excluding carboxylic acids is 1. The number of nitrogens with one attached hydrogen (secondary N) is 1. The average molecular weight is 318 g/mol. The highest BCUT2D eigenvalue weighted by atomic mass is 35.5. The molecule has 0 atom stereocenters. The van der Waals surface area contributed by atoms with Gasteiger partial charge in [-0.25, -0.2) is 4.39 Å².